The van der Waals surface area contributed by atoms with E-state index in [2.05, 4.69) is 10.6 Å². The monoisotopic (exact) mass is 308 g/mol. The van der Waals surface area contributed by atoms with Crippen molar-refractivity contribution in [2.24, 2.45) is 5.92 Å². The Morgan fingerprint density at radius 1 is 1.43 bits per heavy atom. The topological polar surface area (TPSA) is 61.4 Å². The first-order chi connectivity index (χ1) is 10.0. The van der Waals surface area contributed by atoms with Gasteiger partial charge in [-0.3, -0.25) is 0 Å². The second kappa shape index (κ2) is 5.50. The maximum Gasteiger partial charge on any atom is 0.315 e. The van der Waals surface area contributed by atoms with Crippen LogP contribution in [0.3, 0.4) is 0 Å². The number of hydrogen-bond acceptors (Lipinski definition) is 2. The third-order valence-corrected chi connectivity index (χ3v) is 5.08. The molecule has 21 heavy (non-hydrogen) atoms. The van der Waals surface area contributed by atoms with Crippen LogP contribution >= 0.6 is 11.6 Å². The fourth-order valence-corrected chi connectivity index (χ4v) is 3.48. The molecule has 4 nitrogen and oxygen atoms in total. The van der Waals surface area contributed by atoms with Gasteiger partial charge in [0.2, 0.25) is 0 Å². The lowest BCUT2D eigenvalue weighted by molar-refractivity contribution is 0.154. The van der Waals surface area contributed by atoms with Gasteiger partial charge in [-0.25, -0.2) is 4.79 Å². The van der Waals surface area contributed by atoms with Crippen LogP contribution in [0.5, 0.6) is 0 Å². The summed E-state index contributed by atoms with van der Waals surface area (Å²) in [7, 11) is 0. The molecule has 0 bridgehead atoms. The van der Waals surface area contributed by atoms with E-state index >= 15 is 0 Å². The van der Waals surface area contributed by atoms with Crippen molar-refractivity contribution in [3.05, 3.63) is 34.3 Å². The zero-order valence-electron chi connectivity index (χ0n) is 12.2. The van der Waals surface area contributed by atoms with Crippen molar-refractivity contribution in [1.82, 2.24) is 10.6 Å². The third kappa shape index (κ3) is 2.87. The number of aliphatic hydroxyl groups is 1. The molecular weight excluding hydrogens is 288 g/mol. The summed E-state index contributed by atoms with van der Waals surface area (Å²) in [6.07, 6.45) is 3.89. The Morgan fingerprint density at radius 3 is 2.86 bits per heavy atom. The molecule has 1 aromatic carbocycles. The quantitative estimate of drug-likeness (QED) is 0.801. The van der Waals surface area contributed by atoms with Gasteiger partial charge in [-0.15, -0.1) is 0 Å². The van der Waals surface area contributed by atoms with Crippen molar-refractivity contribution < 1.29 is 9.90 Å². The summed E-state index contributed by atoms with van der Waals surface area (Å²) in [6.45, 7) is 1.88. The molecule has 114 valence electrons. The predicted molar refractivity (Wildman–Crippen MR) is 82.4 cm³/mol. The van der Waals surface area contributed by atoms with Crippen molar-refractivity contribution in [3.8, 4) is 0 Å². The van der Waals surface area contributed by atoms with Gasteiger partial charge in [0.1, 0.15) is 0 Å². The zero-order valence-corrected chi connectivity index (χ0v) is 12.9. The van der Waals surface area contributed by atoms with Gasteiger partial charge in [0.15, 0.2) is 0 Å². The normalized spacial score (nSPS) is 23.3. The van der Waals surface area contributed by atoms with E-state index in [9.17, 15) is 9.90 Å². The number of carbonyl (C=O) groups is 1. The molecule has 1 aromatic rings. The highest BCUT2D eigenvalue weighted by atomic mass is 35.5. The van der Waals surface area contributed by atoms with Crippen molar-refractivity contribution in [2.45, 2.75) is 44.2 Å². The second-order valence-electron chi connectivity index (χ2n) is 6.35. The van der Waals surface area contributed by atoms with Gasteiger partial charge < -0.3 is 15.7 Å². The summed E-state index contributed by atoms with van der Waals surface area (Å²) in [5.41, 5.74) is 1.73. The molecule has 1 fully saturated rings. The Bertz CT molecular complexity index is 559. The summed E-state index contributed by atoms with van der Waals surface area (Å²) >= 11 is 6.19. The molecule has 0 radical (unpaired) electrons. The van der Waals surface area contributed by atoms with E-state index in [1.54, 1.807) is 0 Å². The van der Waals surface area contributed by atoms with Crippen LogP contribution in [0.15, 0.2) is 18.2 Å². The van der Waals surface area contributed by atoms with E-state index < -0.39 is 5.54 Å². The van der Waals surface area contributed by atoms with Crippen molar-refractivity contribution in [1.29, 1.82) is 0 Å². The minimum Gasteiger partial charge on any atom is -0.394 e. The van der Waals surface area contributed by atoms with E-state index in [0.717, 1.165) is 41.8 Å². The Balaban J connectivity index is 1.66. The summed E-state index contributed by atoms with van der Waals surface area (Å²) in [6, 6.07) is 5.61. The molecule has 5 heteroatoms. The molecule has 0 saturated heterocycles. The number of fused-ring (bicyclic) bond motifs is 1. The first-order valence-corrected chi connectivity index (χ1v) is 7.88. The van der Waals surface area contributed by atoms with Gasteiger partial charge in [0.05, 0.1) is 18.2 Å². The number of carbonyl (C=O) groups excluding carboxylic acids is 1. The van der Waals surface area contributed by atoms with Crippen molar-refractivity contribution in [3.63, 3.8) is 0 Å². The largest absolute Gasteiger partial charge is 0.394 e. The molecule has 3 N–H and O–H groups in total. The summed E-state index contributed by atoms with van der Waals surface area (Å²) < 4.78 is 0. The molecular formula is C16H21ClN2O2. The van der Waals surface area contributed by atoms with Crippen LogP contribution in [-0.4, -0.2) is 23.3 Å². The SMILES string of the molecule is CC(CO)(NC(=O)NC1CCc2c(Cl)cccc21)C1CC1. The average Bonchev–Trinajstić information content (AvgIpc) is 3.23. The highest BCUT2D eigenvalue weighted by Crippen LogP contribution is 2.39. The smallest absolute Gasteiger partial charge is 0.315 e. The number of benzene rings is 1. The number of halogens is 1. The van der Waals surface area contributed by atoms with Gasteiger partial charge >= 0.3 is 6.03 Å². The highest BCUT2D eigenvalue weighted by molar-refractivity contribution is 6.31. The zero-order chi connectivity index (χ0) is 15.0. The minimum absolute atomic E-state index is 0.000783. The molecule has 1 saturated carbocycles. The van der Waals surface area contributed by atoms with Crippen LogP contribution in [-0.2, 0) is 6.42 Å². The average molecular weight is 309 g/mol. The number of rotatable bonds is 4. The van der Waals surface area contributed by atoms with Crippen LogP contribution in [0.25, 0.3) is 0 Å². The lowest BCUT2D eigenvalue weighted by Gasteiger charge is -2.29. The molecule has 3 rings (SSSR count). The van der Waals surface area contributed by atoms with Gasteiger partial charge in [-0.2, -0.15) is 0 Å². The standard InChI is InChI=1S/C16H21ClN2O2/c1-16(9-20,10-5-6-10)19-15(21)18-14-8-7-11-12(14)3-2-4-13(11)17/h2-4,10,14,20H,5-9H2,1H3,(H2,18,19,21). The lowest BCUT2D eigenvalue weighted by atomic mass is 9.97. The fraction of sp³-hybridized carbons (Fsp3) is 0.562. The fourth-order valence-electron chi connectivity index (χ4n) is 3.20. The number of nitrogens with one attached hydrogen (secondary N) is 2. The highest BCUT2D eigenvalue weighted by Gasteiger charge is 2.42. The van der Waals surface area contributed by atoms with E-state index in [0.29, 0.717) is 5.92 Å². The number of aliphatic hydroxyl groups excluding tert-OH is 1. The van der Waals surface area contributed by atoms with Crippen LogP contribution in [0.4, 0.5) is 4.79 Å². The van der Waals surface area contributed by atoms with E-state index in [1.165, 1.54) is 0 Å². The van der Waals surface area contributed by atoms with E-state index in [1.807, 2.05) is 25.1 Å². The number of amides is 2. The van der Waals surface area contributed by atoms with E-state index in [4.69, 9.17) is 11.6 Å². The molecule has 2 atom stereocenters. The Morgan fingerprint density at radius 2 is 2.19 bits per heavy atom. The molecule has 0 aliphatic heterocycles. The van der Waals surface area contributed by atoms with Crippen LogP contribution in [0.1, 0.15) is 43.4 Å². The summed E-state index contributed by atoms with van der Waals surface area (Å²) in [5, 5.41) is 16.3. The van der Waals surface area contributed by atoms with Gasteiger partial charge in [0, 0.05) is 5.02 Å². The summed E-state index contributed by atoms with van der Waals surface area (Å²) in [5.74, 6) is 0.388. The minimum atomic E-state index is -0.514. The van der Waals surface area contributed by atoms with Crippen LogP contribution < -0.4 is 10.6 Å². The summed E-state index contributed by atoms with van der Waals surface area (Å²) in [4.78, 5) is 12.2. The third-order valence-electron chi connectivity index (χ3n) is 4.72. The molecule has 2 amide bonds. The maximum absolute atomic E-state index is 12.2. The first kappa shape index (κ1) is 14.7. The molecule has 0 aromatic heterocycles. The lowest BCUT2D eigenvalue weighted by Crippen LogP contribution is -2.54. The predicted octanol–water partition coefficient (Wildman–Crippen LogP) is 2.79. The Labute approximate surface area is 129 Å². The molecule has 0 heterocycles. The molecule has 2 aliphatic carbocycles. The van der Waals surface area contributed by atoms with Crippen molar-refractivity contribution >= 4 is 17.6 Å². The van der Waals surface area contributed by atoms with Crippen molar-refractivity contribution in [2.75, 3.05) is 6.61 Å². The Kier molecular flexibility index (Phi) is 3.84. The Hall–Kier alpha value is -1.26. The van der Waals surface area contributed by atoms with Gasteiger partial charge in [-0.1, -0.05) is 23.7 Å². The number of urea groups is 1. The maximum atomic E-state index is 12.2. The molecule has 0 spiro atoms. The van der Waals surface area contributed by atoms with Gasteiger partial charge in [-0.05, 0) is 55.7 Å². The van der Waals surface area contributed by atoms with Gasteiger partial charge in [0.25, 0.3) is 0 Å². The van der Waals surface area contributed by atoms with E-state index in [-0.39, 0.29) is 18.7 Å². The molecule has 2 aliphatic rings. The number of hydrogen-bond donors (Lipinski definition) is 3. The molecule has 2 unspecified atom stereocenters. The first-order valence-electron chi connectivity index (χ1n) is 7.50. The van der Waals surface area contributed by atoms with Crippen LogP contribution in [0.2, 0.25) is 5.02 Å². The second-order valence-corrected chi connectivity index (χ2v) is 6.75. The van der Waals surface area contributed by atoms with Crippen LogP contribution in [0, 0.1) is 5.92 Å².